The number of amides is 1. The largest absolute Gasteiger partial charge is 0.492 e. The summed E-state index contributed by atoms with van der Waals surface area (Å²) < 4.78 is 11.9. The molecule has 0 saturated heterocycles. The Labute approximate surface area is 155 Å². The number of rotatable bonds is 8. The van der Waals surface area contributed by atoms with Crippen molar-refractivity contribution >= 4 is 43.6 Å². The highest BCUT2D eigenvalue weighted by molar-refractivity contribution is 9.11. The first-order valence-electron chi connectivity index (χ1n) is 7.20. The zero-order chi connectivity index (χ0) is 17.5. The van der Waals surface area contributed by atoms with E-state index in [1.807, 2.05) is 19.1 Å². The number of nitrogens with two attached hydrogens (primary N) is 1. The monoisotopic (exact) mass is 461 g/mol. The van der Waals surface area contributed by atoms with Crippen LogP contribution in [0.25, 0.3) is 0 Å². The average Bonchev–Trinajstić information content (AvgIpc) is 2.96. The van der Waals surface area contributed by atoms with E-state index < -0.39 is 5.91 Å². The number of carbonyl (C=O) groups is 1. The van der Waals surface area contributed by atoms with Gasteiger partial charge in [-0.1, -0.05) is 15.9 Å². The molecule has 0 aliphatic rings. The molecule has 1 aromatic heterocycles. The molecule has 0 fully saturated rings. The Morgan fingerprint density at radius 1 is 1.33 bits per heavy atom. The van der Waals surface area contributed by atoms with E-state index in [1.54, 1.807) is 0 Å². The molecule has 24 heavy (non-hydrogen) atoms. The lowest BCUT2D eigenvalue weighted by Crippen LogP contribution is -2.32. The van der Waals surface area contributed by atoms with Gasteiger partial charge in [0.25, 0.3) is 5.91 Å². The first kappa shape index (κ1) is 18.7. The number of hydrogen-bond donors (Lipinski definition) is 3. The number of halogens is 2. The summed E-state index contributed by atoms with van der Waals surface area (Å²) in [7, 11) is 0. The quantitative estimate of drug-likeness (QED) is 0.514. The molecule has 4 N–H and O–H groups in total. The molecule has 0 bridgehead atoms. The molecule has 10 heteroatoms. The van der Waals surface area contributed by atoms with Crippen LogP contribution in [0, 0.1) is 0 Å². The summed E-state index contributed by atoms with van der Waals surface area (Å²) in [6.07, 6.45) is 0. The molecule has 2 rings (SSSR count). The first-order chi connectivity index (χ1) is 11.5. The van der Waals surface area contributed by atoms with Gasteiger partial charge in [-0.05, 0) is 45.3 Å². The second-order valence-corrected chi connectivity index (χ2v) is 6.51. The Kier molecular flexibility index (Phi) is 7.00. The Morgan fingerprint density at radius 3 is 2.79 bits per heavy atom. The zero-order valence-corrected chi connectivity index (χ0v) is 16.1. The number of carbonyl (C=O) groups excluding carboxylic acids is 1. The van der Waals surface area contributed by atoms with Crippen molar-refractivity contribution < 1.29 is 14.2 Å². The third-order valence-corrected chi connectivity index (χ3v) is 4.05. The summed E-state index contributed by atoms with van der Waals surface area (Å²) in [5, 5.41) is 12.7. The molecule has 8 nitrogen and oxygen atoms in total. The molecule has 0 aliphatic heterocycles. The lowest BCUT2D eigenvalue weighted by atomic mass is 10.2. The summed E-state index contributed by atoms with van der Waals surface area (Å²) >= 11 is 6.96. The molecule has 0 spiro atoms. The molecule has 0 radical (unpaired) electrons. The normalized spacial score (nSPS) is 10.6. The topological polar surface area (TPSA) is 115 Å². The predicted octanol–water partition coefficient (Wildman–Crippen LogP) is 2.10. The number of nitrogen functional groups attached to an aromatic ring is 1. The second-order valence-electron chi connectivity index (χ2n) is 4.74. The minimum atomic E-state index is -0.421. The van der Waals surface area contributed by atoms with E-state index in [-0.39, 0.29) is 11.5 Å². The third kappa shape index (κ3) is 4.92. The van der Waals surface area contributed by atoms with Crippen LogP contribution in [0.15, 0.2) is 25.7 Å². The molecule has 0 atom stereocenters. The Bertz CT molecular complexity index is 708. The zero-order valence-electron chi connectivity index (χ0n) is 12.9. The molecular formula is C14H17Br2N5O3. The van der Waals surface area contributed by atoms with E-state index in [0.717, 1.165) is 20.3 Å². The van der Waals surface area contributed by atoms with Crippen LogP contribution in [0.2, 0.25) is 0 Å². The van der Waals surface area contributed by atoms with Crippen molar-refractivity contribution in [1.82, 2.24) is 20.9 Å². The standard InChI is InChI=1S/C14H17Br2N5O3/c1-2-23-12-8(5-9(15)6-10(12)16)7-18-3-4-19-14(22)11-13(17)21-24-20-11/h5-6,18H,2-4,7H2,1H3,(H2,17,21)(H,19,22). The van der Waals surface area contributed by atoms with Gasteiger partial charge in [-0.15, -0.1) is 0 Å². The number of benzene rings is 1. The van der Waals surface area contributed by atoms with Gasteiger partial charge in [0.2, 0.25) is 11.5 Å². The van der Waals surface area contributed by atoms with Crippen molar-refractivity contribution in [3.63, 3.8) is 0 Å². The second kappa shape index (κ2) is 9.00. The number of hydrogen-bond acceptors (Lipinski definition) is 7. The van der Waals surface area contributed by atoms with Gasteiger partial charge < -0.3 is 21.1 Å². The van der Waals surface area contributed by atoms with E-state index in [2.05, 4.69) is 57.4 Å². The molecule has 0 aliphatic carbocycles. The van der Waals surface area contributed by atoms with Crippen molar-refractivity contribution in [2.24, 2.45) is 0 Å². The van der Waals surface area contributed by atoms with Crippen LogP contribution in [0.4, 0.5) is 5.82 Å². The van der Waals surface area contributed by atoms with Gasteiger partial charge in [0.05, 0.1) is 11.1 Å². The Morgan fingerprint density at radius 2 is 2.12 bits per heavy atom. The maximum Gasteiger partial charge on any atom is 0.277 e. The summed E-state index contributed by atoms with van der Waals surface area (Å²) in [6, 6.07) is 3.92. The summed E-state index contributed by atoms with van der Waals surface area (Å²) in [4.78, 5) is 11.8. The van der Waals surface area contributed by atoms with Crippen molar-refractivity contribution in [2.75, 3.05) is 25.4 Å². The van der Waals surface area contributed by atoms with E-state index in [1.165, 1.54) is 0 Å². The van der Waals surface area contributed by atoms with Gasteiger partial charge in [0.15, 0.2) is 0 Å². The van der Waals surface area contributed by atoms with Gasteiger partial charge in [0, 0.05) is 29.7 Å². The highest BCUT2D eigenvalue weighted by Gasteiger charge is 2.15. The summed E-state index contributed by atoms with van der Waals surface area (Å²) in [6.45, 7) is 4.08. The molecular weight excluding hydrogens is 446 g/mol. The number of ether oxygens (including phenoxy) is 1. The third-order valence-electron chi connectivity index (χ3n) is 3.01. The van der Waals surface area contributed by atoms with Gasteiger partial charge in [-0.2, -0.15) is 0 Å². The van der Waals surface area contributed by atoms with E-state index >= 15 is 0 Å². The highest BCUT2D eigenvalue weighted by Crippen LogP contribution is 2.32. The van der Waals surface area contributed by atoms with Crippen LogP contribution in [0.1, 0.15) is 23.0 Å². The smallest absolute Gasteiger partial charge is 0.277 e. The van der Waals surface area contributed by atoms with Gasteiger partial charge in [0.1, 0.15) is 5.75 Å². The van der Waals surface area contributed by atoms with Crippen molar-refractivity contribution in [1.29, 1.82) is 0 Å². The first-order valence-corrected chi connectivity index (χ1v) is 8.79. The molecule has 0 saturated carbocycles. The van der Waals surface area contributed by atoms with Crippen LogP contribution >= 0.6 is 31.9 Å². The van der Waals surface area contributed by atoms with Crippen molar-refractivity contribution in [2.45, 2.75) is 13.5 Å². The lowest BCUT2D eigenvalue weighted by molar-refractivity contribution is 0.0944. The minimum Gasteiger partial charge on any atom is -0.492 e. The molecule has 130 valence electrons. The molecule has 1 heterocycles. The van der Waals surface area contributed by atoms with Crippen LogP contribution < -0.4 is 21.1 Å². The number of nitrogens with zero attached hydrogens (tertiary/aromatic N) is 2. The molecule has 1 amide bonds. The van der Waals surface area contributed by atoms with Crippen molar-refractivity contribution in [3.05, 3.63) is 32.3 Å². The van der Waals surface area contributed by atoms with Crippen LogP contribution in [-0.2, 0) is 6.54 Å². The summed E-state index contributed by atoms with van der Waals surface area (Å²) in [5.41, 5.74) is 6.45. The van der Waals surface area contributed by atoms with Crippen LogP contribution in [0.5, 0.6) is 5.75 Å². The fourth-order valence-corrected chi connectivity index (χ4v) is 3.40. The van der Waals surface area contributed by atoms with E-state index in [4.69, 9.17) is 10.5 Å². The fraction of sp³-hybridized carbons (Fsp3) is 0.357. The van der Waals surface area contributed by atoms with Gasteiger partial charge in [-0.25, -0.2) is 4.63 Å². The lowest BCUT2D eigenvalue weighted by Gasteiger charge is -2.14. The van der Waals surface area contributed by atoms with Gasteiger partial charge in [-0.3, -0.25) is 4.79 Å². The maximum absolute atomic E-state index is 11.8. The molecule has 0 unspecified atom stereocenters. The number of anilines is 1. The Balaban J connectivity index is 1.82. The van der Waals surface area contributed by atoms with Crippen LogP contribution in [0.3, 0.4) is 0 Å². The average molecular weight is 463 g/mol. The van der Waals surface area contributed by atoms with E-state index in [9.17, 15) is 4.79 Å². The predicted molar refractivity (Wildman–Crippen MR) is 95.8 cm³/mol. The highest BCUT2D eigenvalue weighted by atomic mass is 79.9. The Hall–Kier alpha value is -1.65. The number of aromatic nitrogens is 2. The van der Waals surface area contributed by atoms with E-state index in [0.29, 0.717) is 26.2 Å². The SMILES string of the molecule is CCOc1c(Br)cc(Br)cc1CNCCNC(=O)c1nonc1N. The minimum absolute atomic E-state index is 0.00967. The fourth-order valence-electron chi connectivity index (χ4n) is 1.98. The molecule has 2 aromatic rings. The maximum atomic E-state index is 11.8. The van der Waals surface area contributed by atoms with Gasteiger partial charge >= 0.3 is 0 Å². The van der Waals surface area contributed by atoms with Crippen LogP contribution in [-0.4, -0.2) is 35.9 Å². The molecule has 1 aromatic carbocycles. The van der Waals surface area contributed by atoms with Crippen molar-refractivity contribution in [3.8, 4) is 5.75 Å². The summed E-state index contributed by atoms with van der Waals surface area (Å²) in [5.74, 6) is 0.357. The number of nitrogens with one attached hydrogen (secondary N) is 2.